The summed E-state index contributed by atoms with van der Waals surface area (Å²) in [4.78, 5) is 35.6. The molecule has 0 unspecified atom stereocenters. The van der Waals surface area contributed by atoms with E-state index in [9.17, 15) is 9.59 Å². The van der Waals surface area contributed by atoms with Crippen molar-refractivity contribution in [3.8, 4) is 11.3 Å². The van der Waals surface area contributed by atoms with E-state index < -0.39 is 0 Å². The van der Waals surface area contributed by atoms with Gasteiger partial charge in [0.05, 0.1) is 17.9 Å². The molecular formula is C19H25N7O2. The number of nitrogens with zero attached hydrogens (tertiary/aromatic N) is 6. The molecular weight excluding hydrogens is 358 g/mol. The highest BCUT2D eigenvalue weighted by Gasteiger charge is 2.29. The van der Waals surface area contributed by atoms with Gasteiger partial charge in [0.1, 0.15) is 12.9 Å². The highest BCUT2D eigenvalue weighted by atomic mass is 16.2. The van der Waals surface area contributed by atoms with Crippen LogP contribution in [0.1, 0.15) is 31.7 Å². The lowest BCUT2D eigenvalue weighted by Gasteiger charge is -2.29. The zero-order valence-electron chi connectivity index (χ0n) is 16.0. The second-order valence-electron chi connectivity index (χ2n) is 7.50. The van der Waals surface area contributed by atoms with Gasteiger partial charge < -0.3 is 15.1 Å². The maximum absolute atomic E-state index is 12.3. The fourth-order valence-electron chi connectivity index (χ4n) is 3.91. The van der Waals surface area contributed by atoms with Gasteiger partial charge in [-0.05, 0) is 31.7 Å². The van der Waals surface area contributed by atoms with E-state index in [0.717, 1.165) is 36.9 Å². The minimum Gasteiger partial charge on any atom is -0.352 e. The molecule has 28 heavy (non-hydrogen) atoms. The molecule has 1 N–H and O–H groups in total. The predicted octanol–water partition coefficient (Wildman–Crippen LogP) is 1.31. The van der Waals surface area contributed by atoms with Crippen molar-refractivity contribution in [1.82, 2.24) is 34.9 Å². The standard InChI is InChI=1S/C19H25N7O2/c1-24-8-9-25(19(24)28)12-18(27)23-15-2-4-16(5-3-15)26-11-14(10-22-26)17-6-7-20-13-21-17/h6-7,10-11,13,15-16H,2-5,8-9,12H2,1H3,(H,23,27). The van der Waals surface area contributed by atoms with Crippen molar-refractivity contribution in [3.05, 3.63) is 31.0 Å². The van der Waals surface area contributed by atoms with E-state index in [0.29, 0.717) is 19.1 Å². The van der Waals surface area contributed by atoms with E-state index in [4.69, 9.17) is 0 Å². The summed E-state index contributed by atoms with van der Waals surface area (Å²) in [7, 11) is 1.76. The lowest BCUT2D eigenvalue weighted by atomic mass is 9.91. The third-order valence-electron chi connectivity index (χ3n) is 5.55. The number of hydrogen-bond donors (Lipinski definition) is 1. The SMILES string of the molecule is CN1CCN(CC(=O)NC2CCC(n3cc(-c4ccncn4)cn3)CC2)C1=O. The molecule has 9 nitrogen and oxygen atoms in total. The first kappa shape index (κ1) is 18.4. The van der Waals surface area contributed by atoms with Gasteiger partial charge in [0.2, 0.25) is 5.91 Å². The van der Waals surface area contributed by atoms with E-state index in [1.807, 2.05) is 23.1 Å². The Balaban J connectivity index is 1.26. The maximum Gasteiger partial charge on any atom is 0.320 e. The molecule has 0 atom stereocenters. The minimum atomic E-state index is -0.0722. The molecule has 0 spiro atoms. The molecule has 3 amide bonds. The summed E-state index contributed by atoms with van der Waals surface area (Å²) >= 11 is 0. The van der Waals surface area contributed by atoms with E-state index in [-0.39, 0.29) is 24.5 Å². The van der Waals surface area contributed by atoms with E-state index >= 15 is 0 Å². The predicted molar refractivity (Wildman–Crippen MR) is 102 cm³/mol. The fourth-order valence-corrected chi connectivity index (χ4v) is 3.91. The lowest BCUT2D eigenvalue weighted by Crippen LogP contribution is -2.44. The zero-order chi connectivity index (χ0) is 19.5. The average molecular weight is 383 g/mol. The fraction of sp³-hybridized carbons (Fsp3) is 0.526. The molecule has 4 rings (SSSR count). The van der Waals surface area contributed by atoms with Gasteiger partial charge in [-0.2, -0.15) is 5.10 Å². The number of hydrogen-bond acceptors (Lipinski definition) is 5. The molecule has 2 aliphatic rings. The number of carbonyl (C=O) groups is 2. The van der Waals surface area contributed by atoms with Crippen LogP contribution in [0.2, 0.25) is 0 Å². The van der Waals surface area contributed by atoms with Gasteiger partial charge >= 0.3 is 6.03 Å². The van der Waals surface area contributed by atoms with Gasteiger partial charge in [0, 0.05) is 44.1 Å². The lowest BCUT2D eigenvalue weighted by molar-refractivity contribution is -0.122. The molecule has 9 heteroatoms. The summed E-state index contributed by atoms with van der Waals surface area (Å²) in [5.74, 6) is -0.0720. The Morgan fingerprint density at radius 3 is 2.75 bits per heavy atom. The van der Waals surface area contributed by atoms with Crippen LogP contribution in [0.3, 0.4) is 0 Å². The summed E-state index contributed by atoms with van der Waals surface area (Å²) in [6, 6.07) is 2.29. The van der Waals surface area contributed by atoms with Crippen molar-refractivity contribution >= 4 is 11.9 Å². The summed E-state index contributed by atoms with van der Waals surface area (Å²) in [5.41, 5.74) is 1.85. The molecule has 3 heterocycles. The molecule has 0 radical (unpaired) electrons. The molecule has 2 aromatic rings. The van der Waals surface area contributed by atoms with Gasteiger partial charge in [-0.3, -0.25) is 9.48 Å². The van der Waals surface area contributed by atoms with E-state index in [2.05, 4.69) is 20.4 Å². The maximum atomic E-state index is 12.3. The second kappa shape index (κ2) is 7.95. The smallest absolute Gasteiger partial charge is 0.320 e. The van der Waals surface area contributed by atoms with Crippen LogP contribution < -0.4 is 5.32 Å². The molecule has 0 bridgehead atoms. The van der Waals surface area contributed by atoms with Gasteiger partial charge in [-0.15, -0.1) is 0 Å². The number of likely N-dealkylation sites (N-methyl/N-ethyl adjacent to an activating group) is 1. The van der Waals surface area contributed by atoms with Crippen LogP contribution >= 0.6 is 0 Å². The normalized spacial score (nSPS) is 22.5. The Hall–Kier alpha value is -2.97. The van der Waals surface area contributed by atoms with Crippen molar-refractivity contribution in [2.24, 2.45) is 0 Å². The van der Waals surface area contributed by atoms with Crippen LogP contribution in [0.4, 0.5) is 4.79 Å². The van der Waals surface area contributed by atoms with Gasteiger partial charge in [0.25, 0.3) is 0 Å². The highest BCUT2D eigenvalue weighted by Crippen LogP contribution is 2.29. The van der Waals surface area contributed by atoms with Crippen LogP contribution in [-0.2, 0) is 4.79 Å². The third kappa shape index (κ3) is 3.97. The number of nitrogens with one attached hydrogen (secondary N) is 1. The first-order valence-corrected chi connectivity index (χ1v) is 9.70. The van der Waals surface area contributed by atoms with Crippen molar-refractivity contribution in [2.75, 3.05) is 26.7 Å². The Bertz CT molecular complexity index is 830. The number of aromatic nitrogens is 4. The Morgan fingerprint density at radius 2 is 2.07 bits per heavy atom. The summed E-state index contributed by atoms with van der Waals surface area (Å²) in [6.07, 6.45) is 10.9. The summed E-state index contributed by atoms with van der Waals surface area (Å²) < 4.78 is 2.01. The second-order valence-corrected chi connectivity index (χ2v) is 7.50. The van der Waals surface area contributed by atoms with Crippen molar-refractivity contribution < 1.29 is 9.59 Å². The topological polar surface area (TPSA) is 96.2 Å². The number of rotatable bonds is 5. The van der Waals surface area contributed by atoms with Crippen LogP contribution in [0.25, 0.3) is 11.3 Å². The minimum absolute atomic E-state index is 0.0720. The molecule has 2 fully saturated rings. The average Bonchev–Trinajstić information content (AvgIpc) is 3.32. The van der Waals surface area contributed by atoms with Gasteiger partial charge in [-0.25, -0.2) is 14.8 Å². The van der Waals surface area contributed by atoms with Gasteiger partial charge in [-0.1, -0.05) is 0 Å². The molecule has 1 saturated heterocycles. The molecule has 148 valence electrons. The molecule has 0 aromatic carbocycles. The number of amides is 3. The third-order valence-corrected chi connectivity index (χ3v) is 5.55. The molecule has 1 aliphatic heterocycles. The number of urea groups is 1. The highest BCUT2D eigenvalue weighted by molar-refractivity contribution is 5.85. The zero-order valence-corrected chi connectivity index (χ0v) is 16.0. The Labute approximate surface area is 163 Å². The van der Waals surface area contributed by atoms with Crippen molar-refractivity contribution in [1.29, 1.82) is 0 Å². The summed E-state index contributed by atoms with van der Waals surface area (Å²) in [6.45, 7) is 1.44. The first-order chi connectivity index (χ1) is 13.6. The van der Waals surface area contributed by atoms with E-state index in [1.165, 1.54) is 6.33 Å². The Morgan fingerprint density at radius 1 is 1.25 bits per heavy atom. The largest absolute Gasteiger partial charge is 0.352 e. The van der Waals surface area contributed by atoms with Gasteiger partial charge in [0.15, 0.2) is 0 Å². The summed E-state index contributed by atoms with van der Waals surface area (Å²) in [5, 5.41) is 7.59. The Kier molecular flexibility index (Phi) is 5.23. The van der Waals surface area contributed by atoms with Crippen LogP contribution in [-0.4, -0.2) is 74.2 Å². The first-order valence-electron chi connectivity index (χ1n) is 9.70. The molecule has 1 aliphatic carbocycles. The van der Waals surface area contributed by atoms with Crippen LogP contribution in [0.5, 0.6) is 0 Å². The number of carbonyl (C=O) groups excluding carboxylic acids is 2. The quantitative estimate of drug-likeness (QED) is 0.840. The van der Waals surface area contributed by atoms with Crippen LogP contribution in [0, 0.1) is 0 Å². The van der Waals surface area contributed by atoms with Crippen molar-refractivity contribution in [3.63, 3.8) is 0 Å². The van der Waals surface area contributed by atoms with Crippen LogP contribution in [0.15, 0.2) is 31.0 Å². The molecule has 2 aromatic heterocycles. The van der Waals surface area contributed by atoms with Crippen molar-refractivity contribution in [2.45, 2.75) is 37.8 Å². The molecule has 1 saturated carbocycles. The van der Waals surface area contributed by atoms with E-state index in [1.54, 1.807) is 23.0 Å². The monoisotopic (exact) mass is 383 g/mol.